The Balaban J connectivity index is 2.34. The van der Waals surface area contributed by atoms with Crippen LogP contribution in [0.2, 0.25) is 0 Å². The molecule has 88 valence electrons. The SMILES string of the molecule is Cc1ccccc1OS(=O)(=O)c1ccccc1. The number of rotatable bonds is 3. The van der Waals surface area contributed by atoms with Crippen LogP contribution in [0.25, 0.3) is 0 Å². The summed E-state index contributed by atoms with van der Waals surface area (Å²) in [7, 11) is -3.74. The third-order valence-corrected chi connectivity index (χ3v) is 3.57. The number of hydrogen-bond acceptors (Lipinski definition) is 3. The van der Waals surface area contributed by atoms with Crippen LogP contribution in [0.15, 0.2) is 59.5 Å². The van der Waals surface area contributed by atoms with Crippen molar-refractivity contribution < 1.29 is 12.6 Å². The van der Waals surface area contributed by atoms with Crippen molar-refractivity contribution in [3.8, 4) is 5.75 Å². The van der Waals surface area contributed by atoms with Crippen molar-refractivity contribution in [2.45, 2.75) is 11.8 Å². The van der Waals surface area contributed by atoms with Gasteiger partial charge in [-0.3, -0.25) is 0 Å². The Morgan fingerprint density at radius 2 is 1.47 bits per heavy atom. The van der Waals surface area contributed by atoms with Gasteiger partial charge in [-0.2, -0.15) is 8.42 Å². The minimum Gasteiger partial charge on any atom is -0.379 e. The van der Waals surface area contributed by atoms with Gasteiger partial charge in [0.1, 0.15) is 10.6 Å². The zero-order valence-corrected chi connectivity index (χ0v) is 10.1. The Kier molecular flexibility index (Phi) is 3.15. The van der Waals surface area contributed by atoms with Crippen molar-refractivity contribution in [3.05, 3.63) is 60.2 Å². The van der Waals surface area contributed by atoms with Crippen molar-refractivity contribution >= 4 is 10.1 Å². The van der Waals surface area contributed by atoms with Crippen LogP contribution in [0.4, 0.5) is 0 Å². The van der Waals surface area contributed by atoms with E-state index < -0.39 is 10.1 Å². The lowest BCUT2D eigenvalue weighted by atomic mass is 10.2. The lowest BCUT2D eigenvalue weighted by Gasteiger charge is -2.08. The van der Waals surface area contributed by atoms with Crippen molar-refractivity contribution in [1.82, 2.24) is 0 Å². The Hall–Kier alpha value is -1.81. The highest BCUT2D eigenvalue weighted by Crippen LogP contribution is 2.21. The smallest absolute Gasteiger partial charge is 0.339 e. The van der Waals surface area contributed by atoms with Crippen molar-refractivity contribution in [3.63, 3.8) is 0 Å². The zero-order chi connectivity index (χ0) is 12.3. The van der Waals surface area contributed by atoms with Gasteiger partial charge in [-0.05, 0) is 30.7 Å². The van der Waals surface area contributed by atoms with Crippen LogP contribution >= 0.6 is 0 Å². The van der Waals surface area contributed by atoms with E-state index in [1.807, 2.05) is 6.07 Å². The first kappa shape index (κ1) is 11.7. The molecule has 0 aliphatic carbocycles. The fourth-order valence-corrected chi connectivity index (χ4v) is 2.41. The molecule has 2 aromatic rings. The lowest BCUT2D eigenvalue weighted by Crippen LogP contribution is -2.10. The van der Waals surface area contributed by atoms with Crippen molar-refractivity contribution in [2.75, 3.05) is 0 Å². The highest BCUT2D eigenvalue weighted by atomic mass is 32.2. The van der Waals surface area contributed by atoms with E-state index in [1.165, 1.54) is 12.1 Å². The molecule has 17 heavy (non-hydrogen) atoms. The van der Waals surface area contributed by atoms with E-state index in [0.29, 0.717) is 5.75 Å². The van der Waals surface area contributed by atoms with Gasteiger partial charge in [-0.15, -0.1) is 0 Å². The second-order valence-corrected chi connectivity index (χ2v) is 5.16. The maximum Gasteiger partial charge on any atom is 0.339 e. The molecule has 0 amide bonds. The fraction of sp³-hybridized carbons (Fsp3) is 0.0769. The van der Waals surface area contributed by atoms with E-state index in [0.717, 1.165) is 5.56 Å². The summed E-state index contributed by atoms with van der Waals surface area (Å²) in [5.74, 6) is 0.358. The highest BCUT2D eigenvalue weighted by molar-refractivity contribution is 7.87. The summed E-state index contributed by atoms with van der Waals surface area (Å²) in [6, 6.07) is 15.1. The zero-order valence-electron chi connectivity index (χ0n) is 9.33. The largest absolute Gasteiger partial charge is 0.379 e. The topological polar surface area (TPSA) is 43.4 Å². The third-order valence-electron chi connectivity index (χ3n) is 2.32. The van der Waals surface area contributed by atoms with Crippen LogP contribution in [-0.2, 0) is 10.1 Å². The molecule has 0 aliphatic heterocycles. The standard InChI is InChI=1S/C13H12O3S/c1-11-7-5-6-10-13(11)16-17(14,15)12-8-3-2-4-9-12/h2-10H,1H3. The minimum atomic E-state index is -3.74. The molecule has 0 aliphatic rings. The molecule has 0 fully saturated rings. The van der Waals surface area contributed by atoms with Crippen molar-refractivity contribution in [1.29, 1.82) is 0 Å². The van der Waals surface area contributed by atoms with E-state index >= 15 is 0 Å². The number of para-hydroxylation sites is 1. The molecular weight excluding hydrogens is 236 g/mol. The monoisotopic (exact) mass is 248 g/mol. The molecule has 0 spiro atoms. The van der Waals surface area contributed by atoms with Crippen LogP contribution in [-0.4, -0.2) is 8.42 Å². The van der Waals surface area contributed by atoms with Gasteiger partial charge in [0, 0.05) is 0 Å². The van der Waals surface area contributed by atoms with Crippen molar-refractivity contribution in [2.24, 2.45) is 0 Å². The summed E-state index contributed by atoms with van der Waals surface area (Å²) in [6.45, 7) is 1.80. The molecule has 0 N–H and O–H groups in total. The third kappa shape index (κ3) is 2.65. The van der Waals surface area contributed by atoms with Gasteiger partial charge in [-0.1, -0.05) is 36.4 Å². The maximum atomic E-state index is 11.9. The fourth-order valence-electron chi connectivity index (χ4n) is 1.40. The maximum absolute atomic E-state index is 11.9. The van der Waals surface area contributed by atoms with Gasteiger partial charge in [0.15, 0.2) is 0 Å². The normalized spacial score (nSPS) is 11.1. The predicted octanol–water partition coefficient (Wildman–Crippen LogP) is 2.76. The molecule has 3 nitrogen and oxygen atoms in total. The molecule has 0 heterocycles. The molecule has 0 unspecified atom stereocenters. The number of hydrogen-bond donors (Lipinski definition) is 0. The Morgan fingerprint density at radius 3 is 2.12 bits per heavy atom. The van der Waals surface area contributed by atoms with Crippen LogP contribution in [0, 0.1) is 6.92 Å². The minimum absolute atomic E-state index is 0.156. The average Bonchev–Trinajstić information content (AvgIpc) is 2.33. The van der Waals surface area contributed by atoms with Crippen LogP contribution in [0.5, 0.6) is 5.75 Å². The second kappa shape index (κ2) is 4.59. The van der Waals surface area contributed by atoms with Gasteiger partial charge >= 0.3 is 10.1 Å². The molecule has 0 bridgehead atoms. The molecule has 2 rings (SSSR count). The summed E-state index contributed by atoms with van der Waals surface area (Å²) in [4.78, 5) is 0.156. The average molecular weight is 248 g/mol. The molecule has 0 saturated heterocycles. The van der Waals surface area contributed by atoms with E-state index in [9.17, 15) is 8.42 Å². The van der Waals surface area contributed by atoms with Gasteiger partial charge < -0.3 is 4.18 Å². The lowest BCUT2D eigenvalue weighted by molar-refractivity contribution is 0.484. The first-order valence-corrected chi connectivity index (χ1v) is 6.55. The predicted molar refractivity (Wildman–Crippen MR) is 65.4 cm³/mol. The quantitative estimate of drug-likeness (QED) is 0.784. The van der Waals surface area contributed by atoms with Crippen LogP contribution in [0.3, 0.4) is 0 Å². The molecule has 0 aromatic heterocycles. The summed E-state index contributed by atoms with van der Waals surface area (Å²) in [6.07, 6.45) is 0. The van der Waals surface area contributed by atoms with E-state index in [2.05, 4.69) is 0 Å². The summed E-state index contributed by atoms with van der Waals surface area (Å²) in [5.41, 5.74) is 0.784. The van der Waals surface area contributed by atoms with E-state index in [1.54, 1.807) is 43.3 Å². The highest BCUT2D eigenvalue weighted by Gasteiger charge is 2.16. The molecule has 0 atom stereocenters. The van der Waals surface area contributed by atoms with Gasteiger partial charge in [0.25, 0.3) is 0 Å². The molecule has 0 saturated carbocycles. The molecular formula is C13H12O3S. The number of aryl methyl sites for hydroxylation is 1. The molecule has 2 aromatic carbocycles. The Bertz CT molecular complexity index is 604. The molecule has 0 radical (unpaired) electrons. The summed E-state index contributed by atoms with van der Waals surface area (Å²) >= 11 is 0. The second-order valence-electron chi connectivity index (χ2n) is 3.62. The van der Waals surface area contributed by atoms with Crippen LogP contribution < -0.4 is 4.18 Å². The van der Waals surface area contributed by atoms with Gasteiger partial charge in [-0.25, -0.2) is 0 Å². The number of benzene rings is 2. The first-order chi connectivity index (χ1) is 8.09. The molecule has 4 heteroatoms. The Labute approximate surface area is 101 Å². The summed E-state index contributed by atoms with van der Waals surface area (Å²) in [5, 5.41) is 0. The van der Waals surface area contributed by atoms with E-state index in [-0.39, 0.29) is 4.90 Å². The van der Waals surface area contributed by atoms with Gasteiger partial charge in [0.2, 0.25) is 0 Å². The summed E-state index contributed by atoms with van der Waals surface area (Å²) < 4.78 is 29.0. The van der Waals surface area contributed by atoms with Crippen LogP contribution in [0.1, 0.15) is 5.56 Å². The van der Waals surface area contributed by atoms with E-state index in [4.69, 9.17) is 4.18 Å². The Morgan fingerprint density at radius 1 is 0.882 bits per heavy atom. The van der Waals surface area contributed by atoms with Gasteiger partial charge in [0.05, 0.1) is 0 Å². The first-order valence-electron chi connectivity index (χ1n) is 5.15.